The third-order valence-electron chi connectivity index (χ3n) is 4.36. The van der Waals surface area contributed by atoms with Crippen LogP contribution in [0.25, 0.3) is 0 Å². The number of anilines is 1. The number of aliphatic hydroxyl groups is 1. The van der Waals surface area contributed by atoms with Crippen molar-refractivity contribution in [2.75, 3.05) is 24.5 Å². The number of hydrogen-bond donors (Lipinski definition) is 3. The molecule has 3 rings (SSSR count). The van der Waals surface area contributed by atoms with Gasteiger partial charge in [-0.05, 0) is 18.6 Å². The largest absolute Gasteiger partial charge is 0.386 e. The van der Waals surface area contributed by atoms with Crippen LogP contribution in [0.5, 0.6) is 0 Å². The molecule has 1 fully saturated rings. The van der Waals surface area contributed by atoms with Crippen LogP contribution >= 0.6 is 0 Å². The summed E-state index contributed by atoms with van der Waals surface area (Å²) in [5, 5.41) is 20.5. The van der Waals surface area contributed by atoms with E-state index < -0.39 is 5.60 Å². The maximum atomic E-state index is 12.3. The summed E-state index contributed by atoms with van der Waals surface area (Å²) in [7, 11) is 0. The van der Waals surface area contributed by atoms with Crippen LogP contribution in [0.2, 0.25) is 0 Å². The molecule has 1 aliphatic heterocycles. The quantitative estimate of drug-likeness (QED) is 0.760. The van der Waals surface area contributed by atoms with Gasteiger partial charge in [-0.25, -0.2) is 9.97 Å². The number of carbonyl (C=O) groups excluding carboxylic acids is 1. The van der Waals surface area contributed by atoms with Gasteiger partial charge in [0, 0.05) is 36.6 Å². The lowest BCUT2D eigenvalue weighted by atomic mass is 9.92. The Kier molecular flexibility index (Phi) is 4.47. The molecule has 0 bridgehead atoms. The molecule has 1 amide bonds. The number of rotatable bonds is 4. The molecule has 8 nitrogen and oxygen atoms in total. The molecule has 0 spiro atoms. The van der Waals surface area contributed by atoms with Crippen LogP contribution in [-0.2, 0) is 5.41 Å². The summed E-state index contributed by atoms with van der Waals surface area (Å²) >= 11 is 0. The first-order valence-electron chi connectivity index (χ1n) is 8.35. The first-order chi connectivity index (χ1) is 11.8. The van der Waals surface area contributed by atoms with Crippen LogP contribution < -0.4 is 10.2 Å². The summed E-state index contributed by atoms with van der Waals surface area (Å²) in [6.45, 7) is 7.32. The number of nitrogens with one attached hydrogen (secondary N) is 2. The highest BCUT2D eigenvalue weighted by Gasteiger charge is 2.37. The Morgan fingerprint density at radius 1 is 1.40 bits per heavy atom. The van der Waals surface area contributed by atoms with Crippen molar-refractivity contribution < 1.29 is 9.90 Å². The van der Waals surface area contributed by atoms with Gasteiger partial charge in [-0.3, -0.25) is 9.89 Å². The van der Waals surface area contributed by atoms with E-state index >= 15 is 0 Å². The fourth-order valence-electron chi connectivity index (χ4n) is 2.78. The van der Waals surface area contributed by atoms with Crippen LogP contribution in [0, 0.1) is 0 Å². The normalized spacial score (nSPS) is 20.7. The Morgan fingerprint density at radius 2 is 2.12 bits per heavy atom. The first-order valence-corrected chi connectivity index (χ1v) is 8.35. The van der Waals surface area contributed by atoms with Gasteiger partial charge in [-0.2, -0.15) is 5.10 Å². The van der Waals surface area contributed by atoms with E-state index in [1.807, 2.05) is 25.7 Å². The standard InChI is InChI=1S/C17H24N6O2/c1-16(2,3)13-9-12(21-22-13)14(24)20-10-17(25)5-8-23(11-17)15-18-6-4-7-19-15/h4,6-7,9,25H,5,8,10-11H2,1-3H3,(H,20,24)(H,21,22)/t17-/m1/s1. The van der Waals surface area contributed by atoms with Crippen LogP contribution in [0.4, 0.5) is 5.95 Å². The number of aromatic amines is 1. The molecule has 1 saturated heterocycles. The summed E-state index contributed by atoms with van der Waals surface area (Å²) in [4.78, 5) is 22.6. The number of amides is 1. The van der Waals surface area contributed by atoms with Crippen molar-refractivity contribution in [1.82, 2.24) is 25.5 Å². The van der Waals surface area contributed by atoms with Gasteiger partial charge in [0.2, 0.25) is 5.95 Å². The van der Waals surface area contributed by atoms with E-state index in [9.17, 15) is 9.90 Å². The number of carbonyl (C=O) groups is 1. The van der Waals surface area contributed by atoms with Crippen LogP contribution in [-0.4, -0.2) is 56.4 Å². The van der Waals surface area contributed by atoms with E-state index in [0.717, 1.165) is 5.69 Å². The molecule has 0 aliphatic carbocycles. The van der Waals surface area contributed by atoms with Crippen molar-refractivity contribution in [1.29, 1.82) is 0 Å². The third kappa shape index (κ3) is 3.96. The summed E-state index contributed by atoms with van der Waals surface area (Å²) in [5.41, 5.74) is 0.114. The highest BCUT2D eigenvalue weighted by atomic mass is 16.3. The molecule has 0 unspecified atom stereocenters. The molecule has 25 heavy (non-hydrogen) atoms. The summed E-state index contributed by atoms with van der Waals surface area (Å²) in [6, 6.07) is 3.50. The minimum Gasteiger partial charge on any atom is -0.386 e. The Bertz CT molecular complexity index is 739. The second-order valence-electron chi connectivity index (χ2n) is 7.54. The van der Waals surface area contributed by atoms with Gasteiger partial charge in [-0.15, -0.1) is 0 Å². The number of hydrogen-bond acceptors (Lipinski definition) is 6. The maximum Gasteiger partial charge on any atom is 0.271 e. The third-order valence-corrected chi connectivity index (χ3v) is 4.36. The average molecular weight is 344 g/mol. The SMILES string of the molecule is CC(C)(C)c1cc(C(=O)NC[C@]2(O)CCN(c3ncccn3)C2)n[nH]1. The Balaban J connectivity index is 1.58. The van der Waals surface area contributed by atoms with Gasteiger partial charge in [-0.1, -0.05) is 20.8 Å². The molecule has 3 heterocycles. The molecule has 2 aromatic heterocycles. The zero-order chi connectivity index (χ0) is 18.1. The zero-order valence-corrected chi connectivity index (χ0v) is 14.8. The van der Waals surface area contributed by atoms with Gasteiger partial charge in [0.05, 0.1) is 6.54 Å². The Labute approximate surface area is 146 Å². The molecular formula is C17H24N6O2. The maximum absolute atomic E-state index is 12.3. The number of H-pyrrole nitrogens is 1. The van der Waals surface area contributed by atoms with Gasteiger partial charge >= 0.3 is 0 Å². The Hall–Kier alpha value is -2.48. The smallest absolute Gasteiger partial charge is 0.271 e. The Morgan fingerprint density at radius 3 is 2.76 bits per heavy atom. The first kappa shape index (κ1) is 17.3. The van der Waals surface area contributed by atoms with Crippen LogP contribution in [0.3, 0.4) is 0 Å². The second kappa shape index (κ2) is 6.44. The van der Waals surface area contributed by atoms with E-state index in [1.54, 1.807) is 24.5 Å². The molecule has 2 aromatic rings. The molecule has 1 aliphatic rings. The summed E-state index contributed by atoms with van der Waals surface area (Å²) in [6.07, 6.45) is 3.89. The fourth-order valence-corrected chi connectivity index (χ4v) is 2.78. The van der Waals surface area contributed by atoms with Crippen molar-refractivity contribution in [2.24, 2.45) is 0 Å². The topological polar surface area (TPSA) is 107 Å². The highest BCUT2D eigenvalue weighted by Crippen LogP contribution is 2.24. The van der Waals surface area contributed by atoms with Crippen molar-refractivity contribution in [3.63, 3.8) is 0 Å². The van der Waals surface area contributed by atoms with Crippen molar-refractivity contribution >= 4 is 11.9 Å². The van der Waals surface area contributed by atoms with E-state index in [-0.39, 0.29) is 17.9 Å². The van der Waals surface area contributed by atoms with Crippen LogP contribution in [0.1, 0.15) is 43.4 Å². The summed E-state index contributed by atoms with van der Waals surface area (Å²) < 4.78 is 0. The number of aromatic nitrogens is 4. The minimum absolute atomic E-state index is 0.106. The van der Waals surface area contributed by atoms with Crippen molar-refractivity contribution in [3.05, 3.63) is 35.9 Å². The second-order valence-corrected chi connectivity index (χ2v) is 7.54. The van der Waals surface area contributed by atoms with Crippen LogP contribution in [0.15, 0.2) is 24.5 Å². The van der Waals surface area contributed by atoms with E-state index in [0.29, 0.717) is 31.2 Å². The number of nitrogens with zero attached hydrogens (tertiary/aromatic N) is 4. The van der Waals surface area contributed by atoms with E-state index in [2.05, 4.69) is 25.5 Å². The minimum atomic E-state index is -1.00. The molecule has 3 N–H and O–H groups in total. The molecule has 0 radical (unpaired) electrons. The molecule has 134 valence electrons. The van der Waals surface area contributed by atoms with Gasteiger partial charge in [0.15, 0.2) is 0 Å². The van der Waals surface area contributed by atoms with Gasteiger partial charge in [0.25, 0.3) is 5.91 Å². The van der Waals surface area contributed by atoms with Crippen molar-refractivity contribution in [3.8, 4) is 0 Å². The lowest BCUT2D eigenvalue weighted by Crippen LogP contribution is -2.45. The fraction of sp³-hybridized carbons (Fsp3) is 0.529. The lowest BCUT2D eigenvalue weighted by Gasteiger charge is -2.23. The molecular weight excluding hydrogens is 320 g/mol. The molecule has 8 heteroatoms. The molecule has 0 saturated carbocycles. The zero-order valence-electron chi connectivity index (χ0n) is 14.8. The van der Waals surface area contributed by atoms with Gasteiger partial charge in [0.1, 0.15) is 11.3 Å². The predicted molar refractivity (Wildman–Crippen MR) is 93.4 cm³/mol. The average Bonchev–Trinajstić information content (AvgIpc) is 3.21. The van der Waals surface area contributed by atoms with E-state index in [4.69, 9.17) is 0 Å². The predicted octanol–water partition coefficient (Wildman–Crippen LogP) is 0.868. The van der Waals surface area contributed by atoms with E-state index in [1.165, 1.54) is 0 Å². The molecule has 0 aromatic carbocycles. The highest BCUT2D eigenvalue weighted by molar-refractivity contribution is 5.92. The lowest BCUT2D eigenvalue weighted by molar-refractivity contribution is 0.0573. The summed E-state index contributed by atoms with van der Waals surface area (Å²) in [5.74, 6) is 0.293. The molecule has 1 atom stereocenters. The monoisotopic (exact) mass is 344 g/mol. The van der Waals surface area contributed by atoms with Gasteiger partial charge < -0.3 is 15.3 Å². The van der Waals surface area contributed by atoms with Crippen molar-refractivity contribution in [2.45, 2.75) is 38.2 Å². The number of β-amino-alcohol motifs (C(OH)–C–C–N with tert-alkyl or cyclic N) is 1.